The van der Waals surface area contributed by atoms with Crippen molar-refractivity contribution in [3.8, 4) is 0 Å². The van der Waals surface area contributed by atoms with Crippen LogP contribution in [0.3, 0.4) is 0 Å². The molecule has 0 radical (unpaired) electrons. The van der Waals surface area contributed by atoms with Crippen molar-refractivity contribution < 1.29 is 9.90 Å². The van der Waals surface area contributed by atoms with Crippen LogP contribution in [0.1, 0.15) is 60.3 Å². The highest BCUT2D eigenvalue weighted by Gasteiger charge is 2.32. The first-order chi connectivity index (χ1) is 11.0. The second-order valence-electron chi connectivity index (χ2n) is 6.26. The van der Waals surface area contributed by atoms with Crippen molar-refractivity contribution in [2.75, 3.05) is 6.54 Å². The molecule has 1 aromatic heterocycles. The van der Waals surface area contributed by atoms with E-state index in [4.69, 9.17) is 0 Å². The summed E-state index contributed by atoms with van der Waals surface area (Å²) in [4.78, 5) is 14.6. The summed E-state index contributed by atoms with van der Waals surface area (Å²) in [6.45, 7) is 7.46. The third-order valence-electron chi connectivity index (χ3n) is 4.35. The molecule has 0 fully saturated rings. The fraction of sp³-hybridized carbons (Fsp3) is 0.471. The Morgan fingerprint density at radius 2 is 2.13 bits per heavy atom. The second kappa shape index (κ2) is 6.12. The van der Waals surface area contributed by atoms with E-state index in [1.165, 1.54) is 0 Å². The molecule has 1 aromatic carbocycles. The minimum absolute atomic E-state index is 0.0341. The molecule has 0 spiro atoms. The number of hydrogen-bond acceptors (Lipinski definition) is 4. The van der Waals surface area contributed by atoms with E-state index in [0.29, 0.717) is 24.6 Å². The maximum absolute atomic E-state index is 12.8. The summed E-state index contributed by atoms with van der Waals surface area (Å²) < 4.78 is 2.13. The fourth-order valence-corrected chi connectivity index (χ4v) is 3.08. The summed E-state index contributed by atoms with van der Waals surface area (Å²) in [5.74, 6) is 2.09. The average Bonchev–Trinajstić information content (AvgIpc) is 3.00. The SMILES string of the molecule is CC(C)c1nnc2n1CCN(C(=O)c1cccc(CO)c1)C2C. The van der Waals surface area contributed by atoms with Crippen LogP contribution in [0.15, 0.2) is 24.3 Å². The van der Waals surface area contributed by atoms with Crippen LogP contribution < -0.4 is 0 Å². The van der Waals surface area contributed by atoms with Gasteiger partial charge in [-0.3, -0.25) is 4.79 Å². The van der Waals surface area contributed by atoms with Crippen molar-refractivity contribution in [2.45, 2.75) is 45.9 Å². The van der Waals surface area contributed by atoms with Crippen LogP contribution in [0, 0.1) is 0 Å². The first kappa shape index (κ1) is 15.7. The lowest BCUT2D eigenvalue weighted by atomic mass is 10.1. The van der Waals surface area contributed by atoms with Crippen molar-refractivity contribution in [2.24, 2.45) is 0 Å². The van der Waals surface area contributed by atoms with Crippen LogP contribution in [0.2, 0.25) is 0 Å². The average molecular weight is 314 g/mol. The monoisotopic (exact) mass is 314 g/mol. The highest BCUT2D eigenvalue weighted by Crippen LogP contribution is 2.28. The van der Waals surface area contributed by atoms with Gasteiger partial charge in [0.05, 0.1) is 12.6 Å². The molecular formula is C17H22N4O2. The number of aromatic nitrogens is 3. The smallest absolute Gasteiger partial charge is 0.254 e. The van der Waals surface area contributed by atoms with Crippen LogP contribution in [0.25, 0.3) is 0 Å². The Morgan fingerprint density at radius 3 is 2.83 bits per heavy atom. The standard InChI is InChI=1S/C17H22N4O2/c1-11(2)15-18-19-16-12(3)20(7-8-21(15)16)17(23)14-6-4-5-13(9-14)10-22/h4-6,9,11-12,22H,7-8,10H2,1-3H3. The van der Waals surface area contributed by atoms with Crippen LogP contribution in [-0.4, -0.2) is 37.2 Å². The van der Waals surface area contributed by atoms with Crippen molar-refractivity contribution in [3.63, 3.8) is 0 Å². The van der Waals surface area contributed by atoms with Gasteiger partial charge < -0.3 is 14.6 Å². The Hall–Kier alpha value is -2.21. The number of carbonyl (C=O) groups is 1. The van der Waals surface area contributed by atoms with Crippen LogP contribution >= 0.6 is 0 Å². The molecule has 1 aliphatic rings. The third kappa shape index (κ3) is 2.74. The topological polar surface area (TPSA) is 71.2 Å². The molecule has 0 aliphatic carbocycles. The van der Waals surface area contributed by atoms with Crippen molar-refractivity contribution in [1.82, 2.24) is 19.7 Å². The second-order valence-corrected chi connectivity index (χ2v) is 6.26. The van der Waals surface area contributed by atoms with E-state index >= 15 is 0 Å². The fourth-order valence-electron chi connectivity index (χ4n) is 3.08. The van der Waals surface area contributed by atoms with Gasteiger partial charge in [-0.2, -0.15) is 0 Å². The molecule has 2 aromatic rings. The Balaban J connectivity index is 1.88. The van der Waals surface area contributed by atoms with Gasteiger partial charge in [0, 0.05) is 24.6 Å². The lowest BCUT2D eigenvalue weighted by Gasteiger charge is -2.34. The van der Waals surface area contributed by atoms with Crippen LogP contribution in [-0.2, 0) is 13.2 Å². The number of benzene rings is 1. The highest BCUT2D eigenvalue weighted by atomic mass is 16.3. The summed E-state index contributed by atoms with van der Waals surface area (Å²) in [5, 5.41) is 17.8. The van der Waals surface area contributed by atoms with Crippen LogP contribution in [0.4, 0.5) is 0 Å². The van der Waals surface area contributed by atoms with E-state index in [9.17, 15) is 9.90 Å². The van der Waals surface area contributed by atoms with Gasteiger partial charge in [0.1, 0.15) is 5.82 Å². The van der Waals surface area contributed by atoms with E-state index in [1.54, 1.807) is 18.2 Å². The molecule has 122 valence electrons. The Kier molecular flexibility index (Phi) is 4.17. The van der Waals surface area contributed by atoms with Gasteiger partial charge in [0.25, 0.3) is 5.91 Å². The normalized spacial score (nSPS) is 17.4. The first-order valence-corrected chi connectivity index (χ1v) is 7.96. The van der Waals surface area contributed by atoms with Gasteiger partial charge in [-0.1, -0.05) is 26.0 Å². The van der Waals surface area contributed by atoms with Gasteiger partial charge in [-0.15, -0.1) is 10.2 Å². The Morgan fingerprint density at radius 1 is 1.35 bits per heavy atom. The van der Waals surface area contributed by atoms with E-state index in [2.05, 4.69) is 28.6 Å². The quantitative estimate of drug-likeness (QED) is 0.942. The minimum atomic E-state index is -0.117. The number of nitrogens with zero attached hydrogens (tertiary/aromatic N) is 4. The lowest BCUT2D eigenvalue weighted by Crippen LogP contribution is -2.41. The molecule has 23 heavy (non-hydrogen) atoms. The highest BCUT2D eigenvalue weighted by molar-refractivity contribution is 5.94. The molecule has 6 heteroatoms. The van der Waals surface area contributed by atoms with Crippen molar-refractivity contribution in [1.29, 1.82) is 0 Å². The number of aliphatic hydroxyl groups excluding tert-OH is 1. The molecule has 1 unspecified atom stereocenters. The first-order valence-electron chi connectivity index (χ1n) is 7.96. The van der Waals surface area contributed by atoms with E-state index in [-0.39, 0.29) is 18.6 Å². The van der Waals surface area contributed by atoms with E-state index < -0.39 is 0 Å². The molecule has 1 amide bonds. The summed E-state index contributed by atoms with van der Waals surface area (Å²) in [6, 6.07) is 7.02. The Labute approximate surface area is 135 Å². The predicted molar refractivity (Wildman–Crippen MR) is 85.9 cm³/mol. The molecule has 0 saturated heterocycles. The summed E-state index contributed by atoms with van der Waals surface area (Å²) in [7, 11) is 0. The zero-order chi connectivity index (χ0) is 16.6. The molecule has 0 saturated carbocycles. The number of fused-ring (bicyclic) bond motifs is 1. The molecular weight excluding hydrogens is 292 g/mol. The number of carbonyl (C=O) groups excluding carboxylic acids is 1. The summed E-state index contributed by atoms with van der Waals surface area (Å²) in [6.07, 6.45) is 0. The predicted octanol–water partition coefficient (Wildman–Crippen LogP) is 2.11. The number of rotatable bonds is 3. The zero-order valence-corrected chi connectivity index (χ0v) is 13.7. The number of aliphatic hydroxyl groups is 1. The lowest BCUT2D eigenvalue weighted by molar-refractivity contribution is 0.0636. The van der Waals surface area contributed by atoms with Crippen LogP contribution in [0.5, 0.6) is 0 Å². The summed E-state index contributed by atoms with van der Waals surface area (Å²) in [5.41, 5.74) is 1.34. The number of amides is 1. The van der Waals surface area contributed by atoms with Gasteiger partial charge in [0.15, 0.2) is 5.82 Å². The Bertz CT molecular complexity index is 723. The molecule has 1 aliphatic heterocycles. The number of hydrogen-bond donors (Lipinski definition) is 1. The molecule has 0 bridgehead atoms. The molecule has 3 rings (SSSR count). The van der Waals surface area contributed by atoms with Gasteiger partial charge >= 0.3 is 0 Å². The molecule has 1 N–H and O–H groups in total. The van der Waals surface area contributed by atoms with Crippen molar-refractivity contribution >= 4 is 5.91 Å². The largest absolute Gasteiger partial charge is 0.392 e. The summed E-state index contributed by atoms with van der Waals surface area (Å²) >= 11 is 0. The molecule has 2 heterocycles. The zero-order valence-electron chi connectivity index (χ0n) is 13.7. The van der Waals surface area contributed by atoms with E-state index in [0.717, 1.165) is 17.2 Å². The minimum Gasteiger partial charge on any atom is -0.392 e. The third-order valence-corrected chi connectivity index (χ3v) is 4.35. The molecule has 1 atom stereocenters. The van der Waals surface area contributed by atoms with Gasteiger partial charge in [-0.25, -0.2) is 0 Å². The van der Waals surface area contributed by atoms with E-state index in [1.807, 2.05) is 17.9 Å². The van der Waals surface area contributed by atoms with Gasteiger partial charge in [-0.05, 0) is 24.6 Å². The maximum Gasteiger partial charge on any atom is 0.254 e. The van der Waals surface area contributed by atoms with Gasteiger partial charge in [0.2, 0.25) is 0 Å². The van der Waals surface area contributed by atoms with Crippen molar-refractivity contribution in [3.05, 3.63) is 47.0 Å². The molecule has 6 nitrogen and oxygen atoms in total. The maximum atomic E-state index is 12.8.